The monoisotopic (exact) mass is 304 g/mol. The molecule has 118 valence electrons. The van der Waals surface area contributed by atoms with Crippen molar-refractivity contribution in [3.8, 4) is 0 Å². The molecule has 5 nitrogen and oxygen atoms in total. The maximum atomic E-state index is 13.5. The molecule has 2 rings (SSSR count). The molecule has 6 heteroatoms. The Labute approximate surface area is 129 Å². The maximum Gasteiger partial charge on any atom is 0.317 e. The first-order chi connectivity index (χ1) is 10.6. The summed E-state index contributed by atoms with van der Waals surface area (Å²) in [5.74, 6) is 0.695. The summed E-state index contributed by atoms with van der Waals surface area (Å²) in [6.07, 6.45) is 5.31. The first-order valence-corrected chi connectivity index (χ1v) is 7.26. The van der Waals surface area contributed by atoms with E-state index in [-0.39, 0.29) is 18.4 Å². The molecular formula is C16H21FN4O. The van der Waals surface area contributed by atoms with Crippen LogP contribution >= 0.6 is 0 Å². The van der Waals surface area contributed by atoms with E-state index in [1.54, 1.807) is 36.3 Å². The van der Waals surface area contributed by atoms with Gasteiger partial charge < -0.3 is 14.8 Å². The van der Waals surface area contributed by atoms with Gasteiger partial charge in [0.15, 0.2) is 0 Å². The lowest BCUT2D eigenvalue weighted by Gasteiger charge is -2.18. The Morgan fingerprint density at radius 3 is 2.86 bits per heavy atom. The largest absolute Gasteiger partial charge is 0.338 e. The van der Waals surface area contributed by atoms with Gasteiger partial charge in [-0.1, -0.05) is 18.2 Å². The van der Waals surface area contributed by atoms with Gasteiger partial charge in [-0.15, -0.1) is 0 Å². The zero-order chi connectivity index (χ0) is 15.9. The number of urea groups is 1. The smallest absolute Gasteiger partial charge is 0.317 e. The van der Waals surface area contributed by atoms with Crippen molar-refractivity contribution in [3.63, 3.8) is 0 Å². The average Bonchev–Trinajstić information content (AvgIpc) is 2.91. The average molecular weight is 304 g/mol. The number of carbonyl (C=O) groups excluding carboxylic acids is 1. The molecule has 0 aliphatic heterocycles. The summed E-state index contributed by atoms with van der Waals surface area (Å²) in [4.78, 5) is 17.8. The molecule has 0 bridgehead atoms. The maximum absolute atomic E-state index is 13.5. The lowest BCUT2D eigenvalue weighted by Crippen LogP contribution is -2.37. The van der Waals surface area contributed by atoms with Crippen LogP contribution in [-0.2, 0) is 20.0 Å². The van der Waals surface area contributed by atoms with Gasteiger partial charge in [0.25, 0.3) is 0 Å². The fourth-order valence-electron chi connectivity index (χ4n) is 2.16. The second kappa shape index (κ2) is 7.59. The number of amides is 2. The van der Waals surface area contributed by atoms with Crippen molar-refractivity contribution in [2.24, 2.45) is 7.05 Å². The number of carbonyl (C=O) groups is 1. The number of hydrogen-bond donors (Lipinski definition) is 1. The van der Waals surface area contributed by atoms with E-state index in [1.807, 2.05) is 17.8 Å². The fourth-order valence-corrected chi connectivity index (χ4v) is 2.16. The predicted molar refractivity (Wildman–Crippen MR) is 82.8 cm³/mol. The second-order valence-corrected chi connectivity index (χ2v) is 5.23. The van der Waals surface area contributed by atoms with E-state index in [0.29, 0.717) is 12.1 Å². The van der Waals surface area contributed by atoms with E-state index >= 15 is 0 Å². The van der Waals surface area contributed by atoms with E-state index in [0.717, 1.165) is 18.7 Å². The Bertz CT molecular complexity index is 626. The van der Waals surface area contributed by atoms with E-state index in [2.05, 4.69) is 10.3 Å². The second-order valence-electron chi connectivity index (χ2n) is 5.23. The van der Waals surface area contributed by atoms with Crippen LogP contribution in [0.2, 0.25) is 0 Å². The van der Waals surface area contributed by atoms with Crippen molar-refractivity contribution in [2.75, 3.05) is 13.6 Å². The van der Waals surface area contributed by atoms with E-state index in [1.165, 1.54) is 6.07 Å². The molecule has 0 radical (unpaired) electrons. The Morgan fingerprint density at radius 1 is 1.41 bits per heavy atom. The Balaban J connectivity index is 1.73. The van der Waals surface area contributed by atoms with Crippen LogP contribution in [0.3, 0.4) is 0 Å². The summed E-state index contributed by atoms with van der Waals surface area (Å²) in [6.45, 7) is 0.811. The predicted octanol–water partition coefficient (Wildman–Crippen LogP) is 2.33. The van der Waals surface area contributed by atoms with Gasteiger partial charge in [0.05, 0.1) is 0 Å². The quantitative estimate of drug-likeness (QED) is 0.890. The van der Waals surface area contributed by atoms with Crippen LogP contribution in [-0.4, -0.2) is 34.1 Å². The lowest BCUT2D eigenvalue weighted by atomic mass is 10.2. The van der Waals surface area contributed by atoms with Gasteiger partial charge in [-0.25, -0.2) is 14.2 Å². The van der Waals surface area contributed by atoms with Crippen molar-refractivity contribution in [3.05, 3.63) is 53.9 Å². The van der Waals surface area contributed by atoms with Crippen molar-refractivity contribution >= 4 is 6.03 Å². The first-order valence-electron chi connectivity index (χ1n) is 7.26. The number of nitrogens with zero attached hydrogens (tertiary/aromatic N) is 3. The number of benzene rings is 1. The van der Waals surface area contributed by atoms with Gasteiger partial charge in [-0.2, -0.15) is 0 Å². The molecule has 1 aromatic heterocycles. The molecule has 2 amide bonds. The van der Waals surface area contributed by atoms with Gasteiger partial charge in [-0.3, -0.25) is 0 Å². The summed E-state index contributed by atoms with van der Waals surface area (Å²) in [5.41, 5.74) is 0.484. The number of aryl methyl sites for hydroxylation is 2. The molecule has 22 heavy (non-hydrogen) atoms. The van der Waals surface area contributed by atoms with Crippen LogP contribution in [0, 0.1) is 5.82 Å². The summed E-state index contributed by atoms with van der Waals surface area (Å²) >= 11 is 0. The summed E-state index contributed by atoms with van der Waals surface area (Å²) < 4.78 is 15.4. The van der Waals surface area contributed by atoms with Crippen LogP contribution in [0.1, 0.15) is 17.8 Å². The molecule has 0 aliphatic carbocycles. The van der Waals surface area contributed by atoms with Crippen LogP contribution in [0.5, 0.6) is 0 Å². The minimum absolute atomic E-state index is 0.190. The van der Waals surface area contributed by atoms with E-state index in [4.69, 9.17) is 0 Å². The standard InChI is InChI=1S/C16H21FN4O/c1-20-11-9-18-15(20)8-5-10-21(2)16(22)19-12-13-6-3-4-7-14(13)17/h3-4,6-7,9,11H,5,8,10,12H2,1-2H3,(H,19,22). The molecule has 1 heterocycles. The molecule has 0 saturated heterocycles. The topological polar surface area (TPSA) is 50.2 Å². The van der Waals surface area contributed by atoms with Gasteiger partial charge in [0, 0.05) is 51.6 Å². The zero-order valence-corrected chi connectivity index (χ0v) is 12.9. The third-order valence-corrected chi connectivity index (χ3v) is 3.55. The molecule has 0 spiro atoms. The highest BCUT2D eigenvalue weighted by Crippen LogP contribution is 2.06. The number of rotatable bonds is 6. The highest BCUT2D eigenvalue weighted by atomic mass is 19.1. The summed E-state index contributed by atoms with van der Waals surface area (Å²) in [7, 11) is 3.68. The Kier molecular flexibility index (Phi) is 5.52. The minimum atomic E-state index is -0.305. The summed E-state index contributed by atoms with van der Waals surface area (Å²) in [6, 6.07) is 6.23. The number of hydrogen-bond acceptors (Lipinski definition) is 2. The molecule has 1 N–H and O–H groups in total. The molecule has 0 atom stereocenters. The molecule has 0 fully saturated rings. The zero-order valence-electron chi connectivity index (χ0n) is 12.9. The molecular weight excluding hydrogens is 283 g/mol. The van der Waals surface area contributed by atoms with Gasteiger partial charge in [-0.05, 0) is 12.5 Å². The third-order valence-electron chi connectivity index (χ3n) is 3.55. The first kappa shape index (κ1) is 16.0. The van der Waals surface area contributed by atoms with E-state index < -0.39 is 0 Å². The summed E-state index contributed by atoms with van der Waals surface area (Å²) in [5, 5.41) is 2.72. The van der Waals surface area contributed by atoms with Crippen LogP contribution in [0.4, 0.5) is 9.18 Å². The Hall–Kier alpha value is -2.37. The molecule has 0 saturated carbocycles. The molecule has 2 aromatic rings. The molecule has 0 unspecified atom stereocenters. The van der Waals surface area contributed by atoms with Crippen LogP contribution in [0.25, 0.3) is 0 Å². The van der Waals surface area contributed by atoms with Gasteiger partial charge >= 0.3 is 6.03 Å². The van der Waals surface area contributed by atoms with Crippen molar-refractivity contribution in [2.45, 2.75) is 19.4 Å². The Morgan fingerprint density at radius 2 is 2.18 bits per heavy atom. The van der Waals surface area contributed by atoms with Gasteiger partial charge in [0.2, 0.25) is 0 Å². The number of aromatic nitrogens is 2. The van der Waals surface area contributed by atoms with Crippen LogP contribution in [0.15, 0.2) is 36.7 Å². The number of nitrogens with one attached hydrogen (secondary N) is 1. The molecule has 1 aromatic carbocycles. The SMILES string of the molecule is CN(CCCc1nccn1C)C(=O)NCc1ccccc1F. The van der Waals surface area contributed by atoms with Crippen molar-refractivity contribution in [1.82, 2.24) is 19.8 Å². The van der Waals surface area contributed by atoms with Crippen molar-refractivity contribution in [1.29, 1.82) is 0 Å². The third kappa shape index (κ3) is 4.31. The van der Waals surface area contributed by atoms with Crippen LogP contribution < -0.4 is 5.32 Å². The van der Waals surface area contributed by atoms with E-state index in [9.17, 15) is 9.18 Å². The normalized spacial score (nSPS) is 10.5. The van der Waals surface area contributed by atoms with Crippen molar-refractivity contribution < 1.29 is 9.18 Å². The minimum Gasteiger partial charge on any atom is -0.338 e. The fraction of sp³-hybridized carbons (Fsp3) is 0.375. The molecule has 0 aliphatic rings. The number of halogens is 1. The number of imidazole rings is 1. The van der Waals surface area contributed by atoms with Gasteiger partial charge in [0.1, 0.15) is 11.6 Å². The highest BCUT2D eigenvalue weighted by molar-refractivity contribution is 5.73. The lowest BCUT2D eigenvalue weighted by molar-refractivity contribution is 0.207. The highest BCUT2D eigenvalue weighted by Gasteiger charge is 2.09.